The van der Waals surface area contributed by atoms with Crippen molar-refractivity contribution in [3.8, 4) is 0 Å². The minimum absolute atomic E-state index is 0.0171. The van der Waals surface area contributed by atoms with Crippen molar-refractivity contribution in [3.63, 3.8) is 0 Å². The number of unbranched alkanes of at least 4 members (excludes halogenated alkanes) is 63. The van der Waals surface area contributed by atoms with Gasteiger partial charge in [-0.15, -0.1) is 0 Å². The first-order chi connectivity index (χ1) is 42.5. The van der Waals surface area contributed by atoms with E-state index in [-0.39, 0.29) is 19.1 Å². The molecule has 87 heavy (non-hydrogen) atoms. The number of hydrogen-bond acceptors (Lipinski definition) is 6. The quantitative estimate of drug-likeness (QED) is 0.0357. The molecule has 0 radical (unpaired) electrons. The SMILES string of the molecule is CCCCCCCCCCCCCCCCCCCCCCCCCCCCCCCCCCCCCCCC(=O)NC(COP(=O)([O-])OCC[N+](C)(C)C)C(O)CCCCCCCCCCCCCCCCCCCCCCCCCCCCCC. The van der Waals surface area contributed by atoms with Crippen LogP contribution in [-0.2, 0) is 18.4 Å². The molecule has 3 atom stereocenters. The monoisotopic (exact) mass is 1250 g/mol. The summed E-state index contributed by atoms with van der Waals surface area (Å²) in [6.45, 7) is 4.81. The number of rotatable bonds is 76. The van der Waals surface area contributed by atoms with Crippen LogP contribution in [0.1, 0.15) is 444 Å². The molecule has 9 heteroatoms. The molecule has 2 N–H and O–H groups in total. The van der Waals surface area contributed by atoms with Crippen molar-refractivity contribution >= 4 is 13.7 Å². The van der Waals surface area contributed by atoms with Crippen molar-refractivity contribution in [2.45, 2.75) is 456 Å². The number of aliphatic hydroxyl groups is 1. The first kappa shape index (κ1) is 86.5. The predicted octanol–water partition coefficient (Wildman–Crippen LogP) is 25.2. The van der Waals surface area contributed by atoms with Crippen molar-refractivity contribution in [2.24, 2.45) is 0 Å². The second-order valence-electron chi connectivity index (χ2n) is 29.1. The number of amides is 1. The standard InChI is InChI=1S/C78H159N2O6P/c1-6-8-10-12-14-16-18-20-22-24-26-28-30-32-34-36-37-38-39-40-41-42-43-44-46-48-50-52-54-56-58-60-62-64-66-68-70-72-78(82)79-76(75-86-87(83,84)85-74-73-80(3,4)5)77(81)71-69-67-65-63-61-59-57-55-53-51-49-47-45-35-33-31-29-27-25-23-21-19-17-15-13-11-9-7-2/h76-77,81H,6-75H2,1-5H3,(H-,79,82,83,84). The highest BCUT2D eigenvalue weighted by molar-refractivity contribution is 7.45. The zero-order chi connectivity index (χ0) is 63.4. The number of likely N-dealkylation sites (N-methyl/N-ethyl adjacent to an activating group) is 1. The summed E-state index contributed by atoms with van der Waals surface area (Å²) in [5, 5.41) is 14.1. The van der Waals surface area contributed by atoms with Gasteiger partial charge in [-0.3, -0.25) is 9.36 Å². The van der Waals surface area contributed by atoms with Gasteiger partial charge in [0.2, 0.25) is 5.91 Å². The van der Waals surface area contributed by atoms with Crippen LogP contribution in [0.3, 0.4) is 0 Å². The Bertz CT molecular complexity index is 1380. The van der Waals surface area contributed by atoms with E-state index < -0.39 is 20.0 Å². The van der Waals surface area contributed by atoms with E-state index in [1.54, 1.807) is 0 Å². The number of nitrogens with zero attached hydrogens (tertiary/aromatic N) is 1. The van der Waals surface area contributed by atoms with Crippen LogP contribution in [0.25, 0.3) is 0 Å². The maximum atomic E-state index is 13.1. The maximum absolute atomic E-state index is 13.1. The van der Waals surface area contributed by atoms with Crippen molar-refractivity contribution in [1.29, 1.82) is 0 Å². The molecule has 0 bridgehead atoms. The van der Waals surface area contributed by atoms with Gasteiger partial charge in [0.05, 0.1) is 39.9 Å². The molecule has 0 aliphatic carbocycles. The molecule has 0 rings (SSSR count). The highest BCUT2D eigenvalue weighted by atomic mass is 31.2. The fourth-order valence-corrected chi connectivity index (χ4v) is 13.7. The normalized spacial score (nSPS) is 13.4. The molecule has 8 nitrogen and oxygen atoms in total. The van der Waals surface area contributed by atoms with E-state index in [2.05, 4.69) is 19.2 Å². The first-order valence-electron chi connectivity index (χ1n) is 39.9. The minimum Gasteiger partial charge on any atom is -0.756 e. The molecular weight excluding hydrogens is 1090 g/mol. The fraction of sp³-hybridized carbons (Fsp3) is 0.987. The average Bonchev–Trinajstić information content (AvgIpc) is 3.70. The number of aliphatic hydroxyl groups excluding tert-OH is 1. The molecule has 0 aliphatic heterocycles. The van der Waals surface area contributed by atoms with E-state index >= 15 is 0 Å². The summed E-state index contributed by atoms with van der Waals surface area (Å²) in [5.74, 6) is -0.152. The lowest BCUT2D eigenvalue weighted by molar-refractivity contribution is -0.870. The number of hydrogen-bond donors (Lipinski definition) is 2. The Labute approximate surface area is 546 Å². The van der Waals surface area contributed by atoms with Gasteiger partial charge in [0.1, 0.15) is 13.2 Å². The third-order valence-electron chi connectivity index (χ3n) is 19.1. The number of nitrogens with one attached hydrogen (secondary N) is 1. The van der Waals surface area contributed by atoms with Crippen molar-refractivity contribution < 1.29 is 32.9 Å². The first-order valence-corrected chi connectivity index (χ1v) is 41.3. The van der Waals surface area contributed by atoms with E-state index in [1.165, 1.54) is 379 Å². The zero-order valence-corrected chi connectivity index (χ0v) is 60.9. The Kier molecular flexibility index (Phi) is 69.4. The van der Waals surface area contributed by atoms with Crippen LogP contribution in [0, 0.1) is 0 Å². The third kappa shape index (κ3) is 72.8. The minimum atomic E-state index is -4.58. The molecular formula is C78H159N2O6P. The van der Waals surface area contributed by atoms with E-state index in [0.29, 0.717) is 23.9 Å². The Hall–Kier alpha value is -0.500. The molecule has 0 spiro atoms. The van der Waals surface area contributed by atoms with Crippen LogP contribution < -0.4 is 10.2 Å². The van der Waals surface area contributed by atoms with Crippen LogP contribution in [0.4, 0.5) is 0 Å². The Morgan fingerprint density at radius 2 is 0.563 bits per heavy atom. The average molecular weight is 1250 g/mol. The maximum Gasteiger partial charge on any atom is 0.268 e. The van der Waals surface area contributed by atoms with E-state index in [0.717, 1.165) is 38.5 Å². The summed E-state index contributed by atoms with van der Waals surface area (Å²) >= 11 is 0. The predicted molar refractivity (Wildman–Crippen MR) is 381 cm³/mol. The molecule has 0 aromatic heterocycles. The largest absolute Gasteiger partial charge is 0.756 e. The molecule has 0 fully saturated rings. The molecule has 0 heterocycles. The van der Waals surface area contributed by atoms with Crippen molar-refractivity contribution in [1.82, 2.24) is 5.32 Å². The highest BCUT2D eigenvalue weighted by Crippen LogP contribution is 2.38. The topological polar surface area (TPSA) is 108 Å². The second kappa shape index (κ2) is 69.8. The zero-order valence-electron chi connectivity index (χ0n) is 60.0. The van der Waals surface area contributed by atoms with Gasteiger partial charge in [0.15, 0.2) is 0 Å². The van der Waals surface area contributed by atoms with E-state index in [4.69, 9.17) is 9.05 Å². The van der Waals surface area contributed by atoms with Gasteiger partial charge in [-0.25, -0.2) is 0 Å². The molecule has 1 amide bonds. The van der Waals surface area contributed by atoms with Gasteiger partial charge in [0.25, 0.3) is 7.82 Å². The Balaban J connectivity index is 3.88. The third-order valence-corrected chi connectivity index (χ3v) is 20.1. The van der Waals surface area contributed by atoms with Crippen molar-refractivity contribution in [2.75, 3.05) is 40.9 Å². The lowest BCUT2D eigenvalue weighted by Crippen LogP contribution is -2.46. The molecule has 0 aromatic rings. The van der Waals surface area contributed by atoms with E-state index in [9.17, 15) is 19.4 Å². The summed E-state index contributed by atoms with van der Waals surface area (Å²) in [5.41, 5.74) is 0. The lowest BCUT2D eigenvalue weighted by atomic mass is 10.0. The lowest BCUT2D eigenvalue weighted by Gasteiger charge is -2.30. The summed E-state index contributed by atoms with van der Waals surface area (Å²) in [6.07, 6.45) is 89.5. The van der Waals surface area contributed by atoms with Gasteiger partial charge in [0, 0.05) is 6.42 Å². The summed E-state index contributed by atoms with van der Waals surface area (Å²) in [6, 6.07) is -0.798. The Morgan fingerprint density at radius 3 is 0.782 bits per heavy atom. The summed E-state index contributed by atoms with van der Waals surface area (Å²) in [7, 11) is 1.33. The highest BCUT2D eigenvalue weighted by Gasteiger charge is 2.24. The van der Waals surface area contributed by atoms with Crippen LogP contribution in [-0.4, -0.2) is 68.5 Å². The van der Waals surface area contributed by atoms with Gasteiger partial charge in [-0.05, 0) is 12.8 Å². The molecule has 0 aliphatic rings. The van der Waals surface area contributed by atoms with Crippen LogP contribution >= 0.6 is 7.82 Å². The van der Waals surface area contributed by atoms with Gasteiger partial charge < -0.3 is 28.8 Å². The molecule has 0 saturated carbocycles. The van der Waals surface area contributed by atoms with Crippen LogP contribution in [0.2, 0.25) is 0 Å². The van der Waals surface area contributed by atoms with Gasteiger partial charge in [-0.1, -0.05) is 425 Å². The molecule has 0 saturated heterocycles. The van der Waals surface area contributed by atoms with Crippen LogP contribution in [0.15, 0.2) is 0 Å². The fourth-order valence-electron chi connectivity index (χ4n) is 12.9. The molecule has 3 unspecified atom stereocenters. The van der Waals surface area contributed by atoms with Gasteiger partial charge >= 0.3 is 0 Å². The Morgan fingerprint density at radius 1 is 0.356 bits per heavy atom. The van der Waals surface area contributed by atoms with Gasteiger partial charge in [-0.2, -0.15) is 0 Å². The molecule has 522 valence electrons. The smallest absolute Gasteiger partial charge is 0.268 e. The number of quaternary nitrogens is 1. The summed E-state index contributed by atoms with van der Waals surface area (Å²) in [4.78, 5) is 25.7. The number of phosphoric acid groups is 1. The summed E-state index contributed by atoms with van der Waals surface area (Å²) < 4.78 is 23.6. The van der Waals surface area contributed by atoms with Crippen LogP contribution in [0.5, 0.6) is 0 Å². The van der Waals surface area contributed by atoms with E-state index in [1.807, 2.05) is 21.1 Å². The number of phosphoric ester groups is 1. The second-order valence-corrected chi connectivity index (χ2v) is 30.6. The number of carbonyl (C=O) groups excluding carboxylic acids is 1. The number of carbonyl (C=O) groups is 1. The molecule has 0 aromatic carbocycles. The van der Waals surface area contributed by atoms with Crippen molar-refractivity contribution in [3.05, 3.63) is 0 Å².